The number of hydrogen-bond donors (Lipinski definition) is 0. The van der Waals surface area contributed by atoms with E-state index in [2.05, 4.69) is 0 Å². The summed E-state index contributed by atoms with van der Waals surface area (Å²) >= 11 is 0. The van der Waals surface area contributed by atoms with E-state index < -0.39 is 11.9 Å². The Hall–Kier alpha value is -2.95. The Labute approximate surface area is 152 Å². The van der Waals surface area contributed by atoms with Gasteiger partial charge in [0.2, 0.25) is 5.91 Å². The van der Waals surface area contributed by atoms with Gasteiger partial charge in [0.25, 0.3) is 0 Å². The van der Waals surface area contributed by atoms with Crippen molar-refractivity contribution in [3.8, 4) is 0 Å². The van der Waals surface area contributed by atoms with Crippen molar-refractivity contribution in [3.05, 3.63) is 65.2 Å². The van der Waals surface area contributed by atoms with E-state index in [0.717, 1.165) is 16.8 Å². The van der Waals surface area contributed by atoms with Crippen molar-refractivity contribution in [3.63, 3.8) is 0 Å². The van der Waals surface area contributed by atoms with Crippen LogP contribution in [0.5, 0.6) is 0 Å². The van der Waals surface area contributed by atoms with Crippen LogP contribution in [0.2, 0.25) is 0 Å². The molecule has 0 unspecified atom stereocenters. The molecule has 1 saturated heterocycles. The van der Waals surface area contributed by atoms with Crippen molar-refractivity contribution in [2.24, 2.45) is 5.92 Å². The zero-order valence-corrected chi connectivity index (χ0v) is 14.9. The van der Waals surface area contributed by atoms with Gasteiger partial charge in [0.1, 0.15) is 0 Å². The lowest BCUT2D eigenvalue weighted by Gasteiger charge is -2.18. The lowest BCUT2D eigenvalue weighted by molar-refractivity contribution is -0.147. The van der Waals surface area contributed by atoms with Gasteiger partial charge in [-0.1, -0.05) is 48.0 Å². The number of amides is 1. The van der Waals surface area contributed by atoms with Crippen LogP contribution >= 0.6 is 0 Å². The van der Waals surface area contributed by atoms with Crippen LogP contribution in [-0.4, -0.2) is 30.8 Å². The number of benzene rings is 2. The summed E-state index contributed by atoms with van der Waals surface area (Å²) in [5.74, 6) is -1.41. The number of carbonyl (C=O) groups is 3. The molecule has 0 spiro atoms. The number of ketones is 1. The number of para-hydroxylation sites is 1. The summed E-state index contributed by atoms with van der Waals surface area (Å²) in [7, 11) is 0. The van der Waals surface area contributed by atoms with E-state index in [0.29, 0.717) is 5.56 Å². The predicted octanol–water partition coefficient (Wildman–Crippen LogP) is 3.08. The van der Waals surface area contributed by atoms with Gasteiger partial charge >= 0.3 is 5.97 Å². The molecule has 5 heteroatoms. The van der Waals surface area contributed by atoms with E-state index in [-0.39, 0.29) is 31.3 Å². The first-order chi connectivity index (χ1) is 12.5. The van der Waals surface area contributed by atoms with Gasteiger partial charge in [0.15, 0.2) is 12.4 Å². The largest absolute Gasteiger partial charge is 0.457 e. The van der Waals surface area contributed by atoms with Crippen LogP contribution in [0.1, 0.15) is 27.9 Å². The molecule has 0 aromatic heterocycles. The summed E-state index contributed by atoms with van der Waals surface area (Å²) < 4.78 is 5.17. The highest BCUT2D eigenvalue weighted by atomic mass is 16.5. The second-order valence-corrected chi connectivity index (χ2v) is 6.59. The summed E-state index contributed by atoms with van der Waals surface area (Å²) in [4.78, 5) is 38.3. The van der Waals surface area contributed by atoms with Crippen molar-refractivity contribution in [2.45, 2.75) is 20.3 Å². The third-order valence-corrected chi connectivity index (χ3v) is 4.58. The highest BCUT2D eigenvalue weighted by molar-refractivity contribution is 6.01. The number of anilines is 1. The second kappa shape index (κ2) is 7.52. The summed E-state index contributed by atoms with van der Waals surface area (Å²) in [6.45, 7) is 3.83. The van der Waals surface area contributed by atoms with Gasteiger partial charge in [-0.25, -0.2) is 0 Å². The highest BCUT2D eigenvalue weighted by Gasteiger charge is 2.36. The number of nitrogens with zero attached hydrogens (tertiary/aromatic N) is 1. The first-order valence-electron chi connectivity index (χ1n) is 8.58. The van der Waals surface area contributed by atoms with E-state index >= 15 is 0 Å². The van der Waals surface area contributed by atoms with Gasteiger partial charge in [-0.2, -0.15) is 0 Å². The minimum Gasteiger partial charge on any atom is -0.457 e. The fourth-order valence-corrected chi connectivity index (χ4v) is 3.04. The summed E-state index contributed by atoms with van der Waals surface area (Å²) in [6.07, 6.45) is 0.103. The van der Waals surface area contributed by atoms with Crippen molar-refractivity contribution in [1.29, 1.82) is 0 Å². The Balaban J connectivity index is 1.59. The van der Waals surface area contributed by atoms with Crippen molar-refractivity contribution in [2.75, 3.05) is 18.1 Å². The molecule has 1 amide bonds. The van der Waals surface area contributed by atoms with Gasteiger partial charge in [-0.05, 0) is 25.5 Å². The molecule has 134 valence electrons. The van der Waals surface area contributed by atoms with E-state index in [1.54, 1.807) is 17.0 Å². The Morgan fingerprint density at radius 1 is 1.08 bits per heavy atom. The zero-order chi connectivity index (χ0) is 18.7. The number of hydrogen-bond acceptors (Lipinski definition) is 4. The molecule has 0 bridgehead atoms. The lowest BCUT2D eigenvalue weighted by atomic mass is 10.1. The Bertz CT molecular complexity index is 841. The lowest BCUT2D eigenvalue weighted by Crippen LogP contribution is -2.27. The number of aryl methyl sites for hydroxylation is 2. The molecule has 0 radical (unpaired) electrons. The summed E-state index contributed by atoms with van der Waals surface area (Å²) in [5.41, 5.74) is 3.35. The Kier molecular flexibility index (Phi) is 5.16. The van der Waals surface area contributed by atoms with E-state index in [4.69, 9.17) is 4.74 Å². The third-order valence-electron chi connectivity index (χ3n) is 4.58. The number of carbonyl (C=O) groups excluding carboxylic acids is 3. The molecule has 1 heterocycles. The molecule has 0 N–H and O–H groups in total. The molecule has 5 nitrogen and oxygen atoms in total. The average Bonchev–Trinajstić information content (AvgIpc) is 3.02. The minimum atomic E-state index is -0.548. The maximum Gasteiger partial charge on any atom is 0.311 e. The van der Waals surface area contributed by atoms with Crippen LogP contribution in [-0.2, 0) is 14.3 Å². The molecule has 1 aliphatic rings. The number of ether oxygens (including phenoxy) is 1. The molecule has 1 aliphatic heterocycles. The van der Waals surface area contributed by atoms with Crippen LogP contribution < -0.4 is 4.90 Å². The maximum absolute atomic E-state index is 12.3. The van der Waals surface area contributed by atoms with E-state index in [1.807, 2.05) is 50.2 Å². The molecular weight excluding hydrogens is 330 g/mol. The quantitative estimate of drug-likeness (QED) is 0.613. The van der Waals surface area contributed by atoms with Gasteiger partial charge < -0.3 is 9.64 Å². The molecular formula is C21H21NO4. The normalized spacial score (nSPS) is 16.6. The number of rotatable bonds is 5. The standard InChI is InChI=1S/C21H21NO4/c1-14-7-9-16(10-8-14)19(23)13-26-21(25)17-11-20(24)22(12-17)18-6-4-3-5-15(18)2/h3-10,17H,11-13H2,1-2H3/t17-/m1/s1. The molecule has 0 aliphatic carbocycles. The molecule has 2 aromatic carbocycles. The monoisotopic (exact) mass is 351 g/mol. The van der Waals surface area contributed by atoms with Gasteiger partial charge in [0, 0.05) is 24.2 Å². The summed E-state index contributed by atoms with van der Waals surface area (Å²) in [5, 5.41) is 0. The van der Waals surface area contributed by atoms with Gasteiger partial charge in [0.05, 0.1) is 5.92 Å². The fraction of sp³-hybridized carbons (Fsp3) is 0.286. The van der Waals surface area contributed by atoms with Crippen molar-refractivity contribution >= 4 is 23.3 Å². The molecule has 2 aromatic rings. The first kappa shape index (κ1) is 17.9. The molecule has 26 heavy (non-hydrogen) atoms. The average molecular weight is 351 g/mol. The van der Waals surface area contributed by atoms with Crippen LogP contribution in [0.15, 0.2) is 48.5 Å². The van der Waals surface area contributed by atoms with Crippen LogP contribution in [0.3, 0.4) is 0 Å². The molecule has 1 atom stereocenters. The SMILES string of the molecule is Cc1ccc(C(=O)COC(=O)[C@@H]2CC(=O)N(c3ccccc3C)C2)cc1. The second-order valence-electron chi connectivity index (χ2n) is 6.59. The topological polar surface area (TPSA) is 63.7 Å². The van der Waals surface area contributed by atoms with E-state index in [9.17, 15) is 14.4 Å². The molecule has 3 rings (SSSR count). The smallest absolute Gasteiger partial charge is 0.311 e. The zero-order valence-electron chi connectivity index (χ0n) is 14.9. The third kappa shape index (κ3) is 3.82. The maximum atomic E-state index is 12.3. The number of esters is 1. The van der Waals surface area contributed by atoms with Gasteiger partial charge in [-0.3, -0.25) is 14.4 Å². The first-order valence-corrected chi connectivity index (χ1v) is 8.58. The Morgan fingerprint density at radius 2 is 1.77 bits per heavy atom. The molecule has 1 fully saturated rings. The number of Topliss-reactive ketones (excluding diaryl/α,β-unsaturated/α-hetero) is 1. The highest BCUT2D eigenvalue weighted by Crippen LogP contribution is 2.28. The van der Waals surface area contributed by atoms with Crippen LogP contribution in [0.4, 0.5) is 5.69 Å². The van der Waals surface area contributed by atoms with Crippen molar-refractivity contribution < 1.29 is 19.1 Å². The fourth-order valence-electron chi connectivity index (χ4n) is 3.04. The van der Waals surface area contributed by atoms with Crippen molar-refractivity contribution in [1.82, 2.24) is 0 Å². The van der Waals surface area contributed by atoms with Crippen LogP contribution in [0, 0.1) is 19.8 Å². The minimum absolute atomic E-state index is 0.103. The van der Waals surface area contributed by atoms with Crippen LogP contribution in [0.25, 0.3) is 0 Å². The van der Waals surface area contributed by atoms with E-state index in [1.165, 1.54) is 0 Å². The predicted molar refractivity (Wildman–Crippen MR) is 98.1 cm³/mol. The van der Waals surface area contributed by atoms with Gasteiger partial charge in [-0.15, -0.1) is 0 Å². The summed E-state index contributed by atoms with van der Waals surface area (Å²) in [6, 6.07) is 14.7. The molecule has 0 saturated carbocycles. The Morgan fingerprint density at radius 3 is 2.46 bits per heavy atom.